The topological polar surface area (TPSA) is 52.7 Å². The molecular formula is C11H25N3O2S. The third-order valence-corrected chi connectivity index (χ3v) is 4.91. The Hall–Kier alpha value is -0.170. The molecule has 102 valence electrons. The Bertz CT molecular complexity index is 317. The van der Waals surface area contributed by atoms with Crippen molar-refractivity contribution in [2.75, 3.05) is 58.3 Å². The quantitative estimate of drug-likeness (QED) is 0.640. The van der Waals surface area contributed by atoms with Crippen molar-refractivity contribution in [3.05, 3.63) is 0 Å². The van der Waals surface area contributed by atoms with Gasteiger partial charge in [-0.2, -0.15) is 0 Å². The highest BCUT2D eigenvalue weighted by Crippen LogP contribution is 2.10. The first kappa shape index (κ1) is 14.9. The summed E-state index contributed by atoms with van der Waals surface area (Å²) in [5, 5.41) is 3.37. The van der Waals surface area contributed by atoms with Crippen LogP contribution in [0.4, 0.5) is 0 Å². The molecule has 1 N–H and O–H groups in total. The number of rotatable bonds is 6. The van der Waals surface area contributed by atoms with Gasteiger partial charge in [-0.1, -0.05) is 0 Å². The molecule has 1 unspecified atom stereocenters. The van der Waals surface area contributed by atoms with E-state index in [2.05, 4.69) is 29.2 Å². The zero-order valence-corrected chi connectivity index (χ0v) is 12.0. The van der Waals surface area contributed by atoms with Crippen LogP contribution in [0.15, 0.2) is 0 Å². The van der Waals surface area contributed by atoms with Gasteiger partial charge in [0.2, 0.25) is 0 Å². The van der Waals surface area contributed by atoms with Crippen molar-refractivity contribution < 1.29 is 8.42 Å². The first-order valence-corrected chi connectivity index (χ1v) is 8.03. The van der Waals surface area contributed by atoms with Crippen LogP contribution in [0, 0.1) is 0 Å². The van der Waals surface area contributed by atoms with Crippen molar-refractivity contribution in [3.63, 3.8) is 0 Å². The van der Waals surface area contributed by atoms with Gasteiger partial charge < -0.3 is 10.2 Å². The number of hydrogen-bond acceptors (Lipinski definition) is 5. The summed E-state index contributed by atoms with van der Waals surface area (Å²) < 4.78 is 22.8. The highest BCUT2D eigenvalue weighted by Gasteiger charge is 2.27. The molecule has 0 aromatic heterocycles. The highest BCUT2D eigenvalue weighted by atomic mass is 32.2. The van der Waals surface area contributed by atoms with E-state index in [4.69, 9.17) is 0 Å². The Balaban J connectivity index is 2.16. The monoisotopic (exact) mass is 263 g/mol. The first-order valence-electron chi connectivity index (χ1n) is 6.20. The lowest BCUT2D eigenvalue weighted by Gasteiger charge is -2.33. The highest BCUT2D eigenvalue weighted by molar-refractivity contribution is 7.91. The molecule has 1 atom stereocenters. The molecule has 1 heterocycles. The normalized spacial score (nSPS) is 25.3. The minimum Gasteiger partial charge on any atom is -0.314 e. The summed E-state index contributed by atoms with van der Waals surface area (Å²) >= 11 is 0. The van der Waals surface area contributed by atoms with Crippen LogP contribution in [0.5, 0.6) is 0 Å². The molecule has 1 aliphatic heterocycles. The molecule has 0 bridgehead atoms. The molecule has 0 radical (unpaired) electrons. The third kappa shape index (κ3) is 5.81. The molecule has 1 fully saturated rings. The Labute approximate surface area is 105 Å². The van der Waals surface area contributed by atoms with E-state index in [1.807, 2.05) is 6.92 Å². The van der Waals surface area contributed by atoms with Crippen LogP contribution < -0.4 is 5.32 Å². The fourth-order valence-corrected chi connectivity index (χ4v) is 3.64. The van der Waals surface area contributed by atoms with Gasteiger partial charge in [-0.25, -0.2) is 8.42 Å². The summed E-state index contributed by atoms with van der Waals surface area (Å²) in [6.45, 7) is 6.55. The van der Waals surface area contributed by atoms with E-state index in [1.165, 1.54) is 0 Å². The van der Waals surface area contributed by atoms with Crippen molar-refractivity contribution in [1.82, 2.24) is 15.1 Å². The average Bonchev–Trinajstić information content (AvgIpc) is 2.19. The lowest BCUT2D eigenvalue weighted by molar-refractivity contribution is 0.226. The maximum atomic E-state index is 11.4. The van der Waals surface area contributed by atoms with Gasteiger partial charge in [0.05, 0.1) is 11.5 Å². The van der Waals surface area contributed by atoms with Crippen molar-refractivity contribution in [2.24, 2.45) is 0 Å². The van der Waals surface area contributed by atoms with Crippen LogP contribution in [0.2, 0.25) is 0 Å². The molecule has 5 nitrogen and oxygen atoms in total. The van der Waals surface area contributed by atoms with Crippen molar-refractivity contribution >= 4 is 9.84 Å². The summed E-state index contributed by atoms with van der Waals surface area (Å²) in [4.78, 5) is 4.40. The standard InChI is InChI=1S/C11H25N3O2S/c1-11-10-17(15,16)9-8-14(11)7-5-12-4-6-13(2)3/h11-12H,4-10H2,1-3H3. The van der Waals surface area contributed by atoms with Gasteiger partial charge in [0, 0.05) is 38.8 Å². The zero-order valence-electron chi connectivity index (χ0n) is 11.1. The summed E-state index contributed by atoms with van der Waals surface area (Å²) in [5.41, 5.74) is 0. The lowest BCUT2D eigenvalue weighted by atomic mass is 10.3. The number of likely N-dealkylation sites (N-methyl/N-ethyl adjacent to an activating group) is 1. The predicted octanol–water partition coefficient (Wildman–Crippen LogP) is -0.743. The van der Waals surface area contributed by atoms with E-state index < -0.39 is 9.84 Å². The largest absolute Gasteiger partial charge is 0.314 e. The number of hydrogen-bond donors (Lipinski definition) is 1. The number of nitrogens with one attached hydrogen (secondary N) is 1. The van der Waals surface area contributed by atoms with Gasteiger partial charge in [-0.05, 0) is 21.0 Å². The summed E-state index contributed by atoms with van der Waals surface area (Å²) in [7, 11) is 1.33. The summed E-state index contributed by atoms with van der Waals surface area (Å²) in [6.07, 6.45) is 0. The average molecular weight is 263 g/mol. The maximum Gasteiger partial charge on any atom is 0.153 e. The van der Waals surface area contributed by atoms with E-state index in [0.717, 1.165) is 26.2 Å². The maximum absolute atomic E-state index is 11.4. The van der Waals surface area contributed by atoms with E-state index >= 15 is 0 Å². The molecular weight excluding hydrogens is 238 g/mol. The van der Waals surface area contributed by atoms with Crippen LogP contribution in [0.3, 0.4) is 0 Å². The van der Waals surface area contributed by atoms with E-state index in [0.29, 0.717) is 18.1 Å². The SMILES string of the molecule is CC1CS(=O)(=O)CCN1CCNCCN(C)C. The van der Waals surface area contributed by atoms with E-state index in [9.17, 15) is 8.42 Å². The van der Waals surface area contributed by atoms with Gasteiger partial charge in [-0.15, -0.1) is 0 Å². The second-order valence-corrected chi connectivity index (χ2v) is 7.28. The second-order valence-electron chi connectivity index (χ2n) is 5.05. The Morgan fingerprint density at radius 3 is 2.65 bits per heavy atom. The minimum atomic E-state index is -2.78. The van der Waals surface area contributed by atoms with E-state index in [1.54, 1.807) is 0 Å². The molecule has 6 heteroatoms. The van der Waals surface area contributed by atoms with Crippen LogP contribution in [-0.2, 0) is 9.84 Å². The molecule has 0 aliphatic carbocycles. The van der Waals surface area contributed by atoms with Crippen molar-refractivity contribution in [3.8, 4) is 0 Å². The molecule has 0 aromatic carbocycles. The van der Waals surface area contributed by atoms with Crippen molar-refractivity contribution in [2.45, 2.75) is 13.0 Å². The fourth-order valence-electron chi connectivity index (χ4n) is 2.02. The lowest BCUT2D eigenvalue weighted by Crippen LogP contribution is -2.49. The number of sulfone groups is 1. The molecule has 0 saturated carbocycles. The van der Waals surface area contributed by atoms with Gasteiger partial charge in [0.1, 0.15) is 0 Å². The van der Waals surface area contributed by atoms with Crippen LogP contribution in [0.1, 0.15) is 6.92 Å². The van der Waals surface area contributed by atoms with E-state index in [-0.39, 0.29) is 6.04 Å². The molecule has 1 saturated heterocycles. The van der Waals surface area contributed by atoms with Crippen molar-refractivity contribution in [1.29, 1.82) is 0 Å². The molecule has 1 rings (SSSR count). The van der Waals surface area contributed by atoms with Gasteiger partial charge in [0.15, 0.2) is 9.84 Å². The molecule has 0 spiro atoms. The third-order valence-electron chi connectivity index (χ3n) is 3.12. The number of nitrogens with zero attached hydrogens (tertiary/aromatic N) is 2. The van der Waals surface area contributed by atoms with Gasteiger partial charge >= 0.3 is 0 Å². The van der Waals surface area contributed by atoms with Gasteiger partial charge in [0.25, 0.3) is 0 Å². The summed E-state index contributed by atoms with van der Waals surface area (Å²) in [5.74, 6) is 0.625. The Kier molecular flexibility index (Phi) is 5.85. The van der Waals surface area contributed by atoms with Gasteiger partial charge in [-0.3, -0.25) is 4.90 Å². The predicted molar refractivity (Wildman–Crippen MR) is 71.1 cm³/mol. The Morgan fingerprint density at radius 1 is 1.35 bits per heavy atom. The van der Waals surface area contributed by atoms with Crippen LogP contribution in [0.25, 0.3) is 0 Å². The van der Waals surface area contributed by atoms with Crippen LogP contribution in [-0.4, -0.2) is 82.6 Å². The molecule has 17 heavy (non-hydrogen) atoms. The molecule has 0 amide bonds. The minimum absolute atomic E-state index is 0.157. The van der Waals surface area contributed by atoms with Crippen LogP contribution >= 0.6 is 0 Å². The first-order chi connectivity index (χ1) is 7.91. The fraction of sp³-hybridized carbons (Fsp3) is 1.00. The zero-order chi connectivity index (χ0) is 12.9. The summed E-state index contributed by atoms with van der Waals surface area (Å²) in [6, 6.07) is 0.157. The second kappa shape index (κ2) is 6.68. The molecule has 0 aromatic rings. The molecule has 1 aliphatic rings. The smallest absolute Gasteiger partial charge is 0.153 e. The Morgan fingerprint density at radius 2 is 2.06 bits per heavy atom.